The number of hydrogen-bond acceptors (Lipinski definition) is 3. The van der Waals surface area contributed by atoms with Crippen LogP contribution < -0.4 is 10.6 Å². The number of amides is 2. The van der Waals surface area contributed by atoms with E-state index in [0.29, 0.717) is 43.2 Å². The van der Waals surface area contributed by atoms with Crippen LogP contribution in [0.25, 0.3) is 0 Å². The zero-order valence-electron chi connectivity index (χ0n) is 16.9. The van der Waals surface area contributed by atoms with Crippen molar-refractivity contribution in [3.05, 3.63) is 59.7 Å². The SMILES string of the molecule is O=C(NC1CC1)C1CCN(C(=O)c2ccccc2Nc2cccc(C(F)(F)F)c2)CC1. The zero-order valence-corrected chi connectivity index (χ0v) is 16.9. The number of alkyl halides is 3. The second kappa shape index (κ2) is 8.61. The van der Waals surface area contributed by atoms with Crippen molar-refractivity contribution in [1.82, 2.24) is 10.2 Å². The molecule has 2 aromatic carbocycles. The van der Waals surface area contributed by atoms with Gasteiger partial charge in [0.15, 0.2) is 0 Å². The van der Waals surface area contributed by atoms with Gasteiger partial charge in [-0.2, -0.15) is 13.2 Å². The molecule has 2 N–H and O–H groups in total. The molecule has 0 atom stereocenters. The summed E-state index contributed by atoms with van der Waals surface area (Å²) in [5.74, 6) is -0.208. The summed E-state index contributed by atoms with van der Waals surface area (Å²) < 4.78 is 39.0. The highest BCUT2D eigenvalue weighted by atomic mass is 19.4. The fourth-order valence-electron chi connectivity index (χ4n) is 3.77. The lowest BCUT2D eigenvalue weighted by Crippen LogP contribution is -2.43. The van der Waals surface area contributed by atoms with Crippen molar-refractivity contribution in [3.8, 4) is 0 Å². The van der Waals surface area contributed by atoms with Gasteiger partial charge in [0, 0.05) is 30.7 Å². The number of benzene rings is 2. The maximum absolute atomic E-state index is 13.1. The van der Waals surface area contributed by atoms with Gasteiger partial charge < -0.3 is 15.5 Å². The molecule has 8 heteroatoms. The Morgan fingerprint density at radius 1 is 0.935 bits per heavy atom. The number of anilines is 2. The van der Waals surface area contributed by atoms with Crippen LogP contribution in [0.3, 0.4) is 0 Å². The zero-order chi connectivity index (χ0) is 22.0. The summed E-state index contributed by atoms with van der Waals surface area (Å²) in [6.07, 6.45) is -1.15. The molecule has 0 bridgehead atoms. The monoisotopic (exact) mass is 431 g/mol. The van der Waals surface area contributed by atoms with E-state index in [1.54, 1.807) is 29.2 Å². The van der Waals surface area contributed by atoms with Crippen molar-refractivity contribution in [2.45, 2.75) is 37.9 Å². The fraction of sp³-hybridized carbons (Fsp3) is 0.391. The topological polar surface area (TPSA) is 61.4 Å². The molecule has 2 aromatic rings. The number of likely N-dealkylation sites (tertiary alicyclic amines) is 1. The highest BCUT2D eigenvalue weighted by Crippen LogP contribution is 2.32. The number of carbonyl (C=O) groups is 2. The Bertz CT molecular complexity index is 965. The lowest BCUT2D eigenvalue weighted by atomic mass is 9.95. The predicted molar refractivity (Wildman–Crippen MR) is 111 cm³/mol. The van der Waals surface area contributed by atoms with Crippen LogP contribution in [-0.2, 0) is 11.0 Å². The molecule has 1 heterocycles. The quantitative estimate of drug-likeness (QED) is 0.729. The lowest BCUT2D eigenvalue weighted by Gasteiger charge is -2.32. The van der Waals surface area contributed by atoms with Crippen molar-refractivity contribution >= 4 is 23.2 Å². The van der Waals surface area contributed by atoms with E-state index in [0.717, 1.165) is 25.0 Å². The molecular formula is C23H24F3N3O2. The first-order chi connectivity index (χ1) is 14.8. The molecule has 2 amide bonds. The minimum absolute atomic E-state index is 0.0706. The first-order valence-corrected chi connectivity index (χ1v) is 10.4. The van der Waals surface area contributed by atoms with Crippen molar-refractivity contribution in [1.29, 1.82) is 0 Å². The second-order valence-electron chi connectivity index (χ2n) is 8.10. The first-order valence-electron chi connectivity index (χ1n) is 10.4. The van der Waals surface area contributed by atoms with E-state index in [9.17, 15) is 22.8 Å². The van der Waals surface area contributed by atoms with Gasteiger partial charge in [-0.25, -0.2) is 0 Å². The van der Waals surface area contributed by atoms with Gasteiger partial charge >= 0.3 is 6.18 Å². The van der Waals surface area contributed by atoms with E-state index >= 15 is 0 Å². The Labute approximate surface area is 178 Å². The van der Waals surface area contributed by atoms with E-state index in [-0.39, 0.29) is 23.4 Å². The number of piperidine rings is 1. The van der Waals surface area contributed by atoms with Gasteiger partial charge in [0.1, 0.15) is 0 Å². The summed E-state index contributed by atoms with van der Waals surface area (Å²) in [5.41, 5.74) is 0.333. The Hall–Kier alpha value is -3.03. The van der Waals surface area contributed by atoms with Crippen LogP contribution in [0.5, 0.6) is 0 Å². The third-order valence-electron chi connectivity index (χ3n) is 5.70. The van der Waals surface area contributed by atoms with Gasteiger partial charge in [0.25, 0.3) is 5.91 Å². The van der Waals surface area contributed by atoms with Crippen LogP contribution in [0, 0.1) is 5.92 Å². The van der Waals surface area contributed by atoms with Crippen molar-refractivity contribution in [3.63, 3.8) is 0 Å². The van der Waals surface area contributed by atoms with Gasteiger partial charge in [-0.1, -0.05) is 18.2 Å². The number of hydrogen-bond donors (Lipinski definition) is 2. The van der Waals surface area contributed by atoms with E-state index < -0.39 is 11.7 Å². The van der Waals surface area contributed by atoms with Gasteiger partial charge in [-0.3, -0.25) is 9.59 Å². The predicted octanol–water partition coefficient (Wildman–Crippen LogP) is 4.58. The minimum Gasteiger partial charge on any atom is -0.355 e. The Kier molecular flexibility index (Phi) is 5.89. The fourth-order valence-corrected chi connectivity index (χ4v) is 3.77. The minimum atomic E-state index is -4.44. The van der Waals surface area contributed by atoms with Crippen LogP contribution in [0.1, 0.15) is 41.6 Å². The smallest absolute Gasteiger partial charge is 0.355 e. The Balaban J connectivity index is 1.43. The van der Waals surface area contributed by atoms with Crippen molar-refractivity contribution < 1.29 is 22.8 Å². The van der Waals surface area contributed by atoms with E-state index in [4.69, 9.17) is 0 Å². The molecule has 164 valence electrons. The summed E-state index contributed by atoms with van der Waals surface area (Å²) in [6, 6.07) is 12.0. The molecule has 0 unspecified atom stereocenters. The number of carbonyl (C=O) groups excluding carboxylic acids is 2. The van der Waals surface area contributed by atoms with Gasteiger partial charge in [0.2, 0.25) is 5.91 Å². The standard InChI is InChI=1S/C23H24F3N3O2/c24-23(25,26)16-4-3-5-18(14-16)27-20-7-2-1-6-19(20)22(31)29-12-10-15(11-13-29)21(30)28-17-8-9-17/h1-7,14-15,17,27H,8-13H2,(H,28,30). The number of para-hydroxylation sites is 1. The number of nitrogens with one attached hydrogen (secondary N) is 2. The molecule has 1 saturated heterocycles. The molecule has 5 nitrogen and oxygen atoms in total. The first kappa shape index (κ1) is 21.2. The largest absolute Gasteiger partial charge is 0.416 e. The van der Waals surface area contributed by atoms with Crippen LogP contribution in [0.2, 0.25) is 0 Å². The van der Waals surface area contributed by atoms with E-state index in [2.05, 4.69) is 10.6 Å². The summed E-state index contributed by atoms with van der Waals surface area (Å²) in [5, 5.41) is 5.97. The van der Waals surface area contributed by atoms with E-state index in [1.807, 2.05) is 0 Å². The molecular weight excluding hydrogens is 407 g/mol. The second-order valence-corrected chi connectivity index (χ2v) is 8.10. The number of halogens is 3. The van der Waals surface area contributed by atoms with Gasteiger partial charge in [0.05, 0.1) is 16.8 Å². The molecule has 2 fully saturated rings. The summed E-state index contributed by atoms with van der Waals surface area (Å²) in [7, 11) is 0. The van der Waals surface area contributed by atoms with Gasteiger partial charge in [-0.05, 0) is 56.0 Å². The maximum Gasteiger partial charge on any atom is 0.416 e. The molecule has 0 spiro atoms. The molecule has 31 heavy (non-hydrogen) atoms. The van der Waals surface area contributed by atoms with Gasteiger partial charge in [-0.15, -0.1) is 0 Å². The number of rotatable bonds is 5. The highest BCUT2D eigenvalue weighted by molar-refractivity contribution is 6.00. The summed E-state index contributed by atoms with van der Waals surface area (Å²) in [6.45, 7) is 0.943. The highest BCUT2D eigenvalue weighted by Gasteiger charge is 2.32. The Morgan fingerprint density at radius 2 is 1.65 bits per heavy atom. The normalized spacial score (nSPS) is 17.3. The molecule has 0 radical (unpaired) electrons. The maximum atomic E-state index is 13.1. The summed E-state index contributed by atoms with van der Waals surface area (Å²) >= 11 is 0. The average molecular weight is 431 g/mol. The molecule has 0 aromatic heterocycles. The third-order valence-corrected chi connectivity index (χ3v) is 5.70. The molecule has 1 aliphatic carbocycles. The third kappa shape index (κ3) is 5.18. The van der Waals surface area contributed by atoms with Crippen LogP contribution in [0.4, 0.5) is 24.5 Å². The van der Waals surface area contributed by atoms with Crippen molar-refractivity contribution in [2.24, 2.45) is 5.92 Å². The molecule has 1 saturated carbocycles. The Morgan fingerprint density at radius 3 is 2.32 bits per heavy atom. The lowest BCUT2D eigenvalue weighted by molar-refractivity contribution is -0.137. The van der Waals surface area contributed by atoms with Crippen LogP contribution in [0.15, 0.2) is 48.5 Å². The van der Waals surface area contributed by atoms with E-state index in [1.165, 1.54) is 12.1 Å². The molecule has 1 aliphatic heterocycles. The van der Waals surface area contributed by atoms with Crippen molar-refractivity contribution in [2.75, 3.05) is 18.4 Å². The van der Waals surface area contributed by atoms with Crippen LogP contribution >= 0.6 is 0 Å². The molecule has 4 rings (SSSR count). The average Bonchev–Trinajstić information content (AvgIpc) is 3.57. The number of nitrogens with zero attached hydrogens (tertiary/aromatic N) is 1. The molecule has 2 aliphatic rings. The summed E-state index contributed by atoms with van der Waals surface area (Å²) in [4.78, 5) is 27.1. The van der Waals surface area contributed by atoms with Crippen LogP contribution in [-0.4, -0.2) is 35.8 Å².